The number of imidazole rings is 1. The third kappa shape index (κ3) is 3.01. The second-order valence-corrected chi connectivity index (χ2v) is 7.17. The van der Waals surface area contributed by atoms with E-state index in [1.165, 1.54) is 0 Å². The van der Waals surface area contributed by atoms with Crippen molar-refractivity contribution in [1.82, 2.24) is 9.97 Å². The van der Waals surface area contributed by atoms with E-state index < -0.39 is 7.12 Å². The molecule has 122 valence electrons. The number of benzene rings is 1. The summed E-state index contributed by atoms with van der Waals surface area (Å²) in [5.41, 5.74) is 2.51. The predicted molar refractivity (Wildman–Crippen MR) is 96.8 cm³/mol. The molecular weight excluding hydrogens is 311 g/mol. The van der Waals surface area contributed by atoms with Crippen LogP contribution in [-0.2, 0) is 9.31 Å². The highest BCUT2D eigenvalue weighted by molar-refractivity contribution is 7.80. The second kappa shape index (κ2) is 5.58. The molecule has 3 rings (SSSR count). The molecule has 1 saturated heterocycles. The van der Waals surface area contributed by atoms with Gasteiger partial charge in [0.05, 0.1) is 22.2 Å². The molecule has 0 amide bonds. The molecule has 1 fully saturated rings. The first kappa shape index (κ1) is 16.4. The van der Waals surface area contributed by atoms with Crippen molar-refractivity contribution in [2.24, 2.45) is 0 Å². The van der Waals surface area contributed by atoms with Crippen molar-refractivity contribution in [2.75, 3.05) is 5.75 Å². The average molecular weight is 332 g/mol. The largest absolute Gasteiger partial charge is 0.491 e. The Morgan fingerprint density at radius 1 is 1.17 bits per heavy atom. The van der Waals surface area contributed by atoms with Gasteiger partial charge >= 0.3 is 12.8 Å². The van der Waals surface area contributed by atoms with Crippen molar-refractivity contribution >= 4 is 36.9 Å². The third-order valence-corrected chi connectivity index (χ3v) is 5.00. The van der Waals surface area contributed by atoms with Gasteiger partial charge in [0.2, 0.25) is 0 Å². The zero-order valence-corrected chi connectivity index (χ0v) is 14.7. The van der Waals surface area contributed by atoms with Gasteiger partial charge in [-0.25, -0.2) is 4.79 Å². The van der Waals surface area contributed by atoms with Crippen molar-refractivity contribution in [3.8, 4) is 0 Å². The summed E-state index contributed by atoms with van der Waals surface area (Å²) < 4.78 is 12.2. The van der Waals surface area contributed by atoms with Crippen LogP contribution < -0.4 is 5.69 Å². The SMILES string of the molecule is CC1(C)OB(C(=Cc2ccc3[nH]c(=O)[nH]c3c2)CS)OC1(C)C. The van der Waals surface area contributed by atoms with E-state index in [9.17, 15) is 4.79 Å². The minimum Gasteiger partial charge on any atom is -0.400 e. The lowest BCUT2D eigenvalue weighted by atomic mass is 9.78. The molecule has 1 aromatic carbocycles. The first-order valence-electron chi connectivity index (χ1n) is 7.61. The first-order chi connectivity index (χ1) is 10.7. The van der Waals surface area contributed by atoms with E-state index in [2.05, 4.69) is 22.6 Å². The van der Waals surface area contributed by atoms with Gasteiger partial charge in [0.15, 0.2) is 0 Å². The molecule has 0 spiro atoms. The Balaban J connectivity index is 1.93. The predicted octanol–water partition coefficient (Wildman–Crippen LogP) is 2.80. The van der Waals surface area contributed by atoms with Crippen LogP contribution in [0.2, 0.25) is 0 Å². The normalized spacial score (nSPS) is 20.4. The summed E-state index contributed by atoms with van der Waals surface area (Å²) in [6, 6.07) is 5.74. The van der Waals surface area contributed by atoms with E-state index in [1.54, 1.807) is 0 Å². The zero-order valence-electron chi connectivity index (χ0n) is 13.8. The smallest absolute Gasteiger partial charge is 0.400 e. The number of hydrogen-bond donors (Lipinski definition) is 3. The summed E-state index contributed by atoms with van der Waals surface area (Å²) in [6.45, 7) is 8.11. The Hall–Kier alpha value is -1.44. The summed E-state index contributed by atoms with van der Waals surface area (Å²) in [5, 5.41) is 0. The van der Waals surface area contributed by atoms with E-state index in [1.807, 2.05) is 52.0 Å². The molecule has 1 aliphatic rings. The number of thiol groups is 1. The van der Waals surface area contributed by atoms with Crippen LogP contribution in [0.3, 0.4) is 0 Å². The summed E-state index contributed by atoms with van der Waals surface area (Å²) in [6.07, 6.45) is 2.00. The molecule has 23 heavy (non-hydrogen) atoms. The first-order valence-corrected chi connectivity index (χ1v) is 8.24. The molecule has 7 heteroatoms. The lowest BCUT2D eigenvalue weighted by Crippen LogP contribution is -2.41. The number of aromatic nitrogens is 2. The topological polar surface area (TPSA) is 67.1 Å². The van der Waals surface area contributed by atoms with Crippen LogP contribution in [0.1, 0.15) is 33.3 Å². The fourth-order valence-corrected chi connectivity index (χ4v) is 2.78. The Bertz CT molecular complexity index is 806. The van der Waals surface area contributed by atoms with Gasteiger partial charge in [0.1, 0.15) is 0 Å². The fraction of sp³-hybridized carbons (Fsp3) is 0.438. The van der Waals surface area contributed by atoms with Gasteiger partial charge in [0, 0.05) is 5.75 Å². The summed E-state index contributed by atoms with van der Waals surface area (Å²) >= 11 is 4.42. The van der Waals surface area contributed by atoms with Crippen LogP contribution in [0, 0.1) is 0 Å². The van der Waals surface area contributed by atoms with Gasteiger partial charge in [-0.2, -0.15) is 12.6 Å². The van der Waals surface area contributed by atoms with Gasteiger partial charge < -0.3 is 19.3 Å². The second-order valence-electron chi connectivity index (χ2n) is 6.85. The molecule has 0 aliphatic carbocycles. The third-order valence-electron chi connectivity index (χ3n) is 4.63. The number of hydrogen-bond acceptors (Lipinski definition) is 4. The quantitative estimate of drug-likeness (QED) is 0.598. The minimum atomic E-state index is -0.418. The molecule has 1 aromatic heterocycles. The van der Waals surface area contributed by atoms with Crippen LogP contribution >= 0.6 is 12.6 Å². The Labute approximate surface area is 141 Å². The molecule has 2 heterocycles. The Morgan fingerprint density at radius 2 is 1.78 bits per heavy atom. The van der Waals surface area contributed by atoms with Crippen molar-refractivity contribution in [3.63, 3.8) is 0 Å². The number of H-pyrrole nitrogens is 2. The van der Waals surface area contributed by atoms with Crippen LogP contribution in [0.15, 0.2) is 28.5 Å². The van der Waals surface area contributed by atoms with Crippen molar-refractivity contribution in [2.45, 2.75) is 38.9 Å². The van der Waals surface area contributed by atoms with Crippen molar-refractivity contribution < 1.29 is 9.31 Å². The van der Waals surface area contributed by atoms with Gasteiger partial charge in [0.25, 0.3) is 0 Å². The number of fused-ring (bicyclic) bond motifs is 1. The maximum atomic E-state index is 11.4. The maximum absolute atomic E-state index is 11.4. The van der Waals surface area contributed by atoms with E-state index in [0.29, 0.717) is 5.75 Å². The zero-order chi connectivity index (χ0) is 16.8. The molecule has 0 atom stereocenters. The molecule has 1 aliphatic heterocycles. The highest BCUT2D eigenvalue weighted by Crippen LogP contribution is 2.39. The summed E-state index contributed by atoms with van der Waals surface area (Å²) in [4.78, 5) is 16.8. The molecule has 5 nitrogen and oxygen atoms in total. The lowest BCUT2D eigenvalue weighted by molar-refractivity contribution is 0.00578. The summed E-state index contributed by atoms with van der Waals surface area (Å²) in [5.74, 6) is 0.526. The van der Waals surface area contributed by atoms with Gasteiger partial charge in [-0.1, -0.05) is 12.1 Å². The monoisotopic (exact) mass is 332 g/mol. The van der Waals surface area contributed by atoms with Gasteiger partial charge in [-0.3, -0.25) is 0 Å². The molecule has 0 unspecified atom stereocenters. The highest BCUT2D eigenvalue weighted by atomic mass is 32.1. The molecular formula is C16H21BN2O3S. The van der Waals surface area contributed by atoms with Crippen LogP contribution in [-0.4, -0.2) is 34.0 Å². The van der Waals surface area contributed by atoms with Crippen LogP contribution in [0.25, 0.3) is 17.1 Å². The van der Waals surface area contributed by atoms with Crippen LogP contribution in [0.5, 0.6) is 0 Å². The molecule has 2 N–H and O–H groups in total. The number of nitrogens with one attached hydrogen (secondary N) is 2. The Kier molecular flexibility index (Phi) is 3.98. The molecule has 0 radical (unpaired) electrons. The van der Waals surface area contributed by atoms with Crippen LogP contribution in [0.4, 0.5) is 0 Å². The van der Waals surface area contributed by atoms with Crippen molar-refractivity contribution in [3.05, 3.63) is 39.7 Å². The van der Waals surface area contributed by atoms with E-state index in [-0.39, 0.29) is 16.9 Å². The van der Waals surface area contributed by atoms with E-state index >= 15 is 0 Å². The highest BCUT2D eigenvalue weighted by Gasteiger charge is 2.52. The Morgan fingerprint density at radius 3 is 2.39 bits per heavy atom. The summed E-state index contributed by atoms with van der Waals surface area (Å²) in [7, 11) is -0.418. The molecule has 0 saturated carbocycles. The maximum Gasteiger partial charge on any atom is 0.491 e. The number of aromatic amines is 2. The molecule has 0 bridgehead atoms. The van der Waals surface area contributed by atoms with E-state index in [0.717, 1.165) is 22.1 Å². The minimum absolute atomic E-state index is 0.207. The van der Waals surface area contributed by atoms with E-state index in [4.69, 9.17) is 9.31 Å². The standard InChI is InChI=1S/C16H21BN2O3S/c1-15(2)16(3,4)22-17(21-15)11(9-23)7-10-5-6-12-13(8-10)19-14(20)18-12/h5-8,23H,9H2,1-4H3,(H2,18,19,20). The lowest BCUT2D eigenvalue weighted by Gasteiger charge is -2.32. The fourth-order valence-electron chi connectivity index (χ4n) is 2.54. The van der Waals surface area contributed by atoms with Gasteiger partial charge in [-0.05, 0) is 50.9 Å². The van der Waals surface area contributed by atoms with Gasteiger partial charge in [-0.15, -0.1) is 0 Å². The number of rotatable bonds is 3. The van der Waals surface area contributed by atoms with Crippen molar-refractivity contribution in [1.29, 1.82) is 0 Å². The average Bonchev–Trinajstić information content (AvgIpc) is 2.91. The molecule has 2 aromatic rings.